The number of benzene rings is 1. The number of aliphatic hydroxyl groups is 1. The first-order chi connectivity index (χ1) is 12.2. The summed E-state index contributed by atoms with van der Waals surface area (Å²) >= 11 is 0. The van der Waals surface area contributed by atoms with Crippen molar-refractivity contribution in [1.82, 2.24) is 9.62 Å². The number of nitrogens with zero attached hydrogens (tertiary/aromatic N) is 1. The number of aliphatic hydroxyl groups excluding tert-OH is 1. The first kappa shape index (κ1) is 20.3. The van der Waals surface area contributed by atoms with Gasteiger partial charge in [-0.25, -0.2) is 13.2 Å². The summed E-state index contributed by atoms with van der Waals surface area (Å²) in [5, 5.41) is 12.1. The molecule has 0 radical (unpaired) electrons. The van der Waals surface area contributed by atoms with E-state index in [2.05, 4.69) is 10.1 Å². The lowest BCUT2D eigenvalue weighted by Gasteiger charge is -2.20. The zero-order valence-corrected chi connectivity index (χ0v) is 15.9. The van der Waals surface area contributed by atoms with Crippen LogP contribution in [0, 0.1) is 6.92 Å². The van der Waals surface area contributed by atoms with E-state index in [1.165, 1.54) is 23.4 Å². The second-order valence-corrected chi connectivity index (χ2v) is 8.24. The molecule has 1 aromatic carbocycles. The molecular weight excluding hydrogens is 360 g/mol. The minimum atomic E-state index is -3.66. The van der Waals surface area contributed by atoms with Gasteiger partial charge in [-0.05, 0) is 44.4 Å². The molecular formula is C17H24N2O6S. The lowest BCUT2D eigenvalue weighted by Crippen LogP contribution is -2.48. The Morgan fingerprint density at radius 3 is 2.42 bits per heavy atom. The number of esters is 1. The number of sulfonamides is 1. The smallest absolute Gasteiger partial charge is 0.331 e. The Morgan fingerprint density at radius 1 is 1.27 bits per heavy atom. The molecule has 26 heavy (non-hydrogen) atoms. The van der Waals surface area contributed by atoms with Crippen molar-refractivity contribution in [3.05, 3.63) is 29.3 Å². The summed E-state index contributed by atoms with van der Waals surface area (Å²) < 4.78 is 31.3. The maximum Gasteiger partial charge on any atom is 0.331 e. The van der Waals surface area contributed by atoms with Gasteiger partial charge in [0.25, 0.3) is 5.91 Å². The average molecular weight is 384 g/mol. The molecule has 8 nitrogen and oxygen atoms in total. The molecule has 1 amide bonds. The van der Waals surface area contributed by atoms with Crippen molar-refractivity contribution >= 4 is 21.9 Å². The topological polar surface area (TPSA) is 113 Å². The van der Waals surface area contributed by atoms with Gasteiger partial charge < -0.3 is 15.2 Å². The van der Waals surface area contributed by atoms with Gasteiger partial charge in [0.2, 0.25) is 10.0 Å². The van der Waals surface area contributed by atoms with E-state index in [1.807, 2.05) is 0 Å². The van der Waals surface area contributed by atoms with Crippen LogP contribution in [0.25, 0.3) is 0 Å². The molecule has 1 aromatic rings. The van der Waals surface area contributed by atoms with E-state index < -0.39 is 34.0 Å². The summed E-state index contributed by atoms with van der Waals surface area (Å²) in [6.07, 6.45) is 0.463. The second-order valence-electron chi connectivity index (χ2n) is 6.30. The number of carbonyl (C=O) groups excluding carboxylic acids is 2. The minimum Gasteiger partial charge on any atom is -0.467 e. The highest BCUT2D eigenvalue weighted by Gasteiger charge is 2.30. The molecule has 2 N–H and O–H groups in total. The van der Waals surface area contributed by atoms with Crippen molar-refractivity contribution < 1.29 is 27.9 Å². The maximum atomic E-state index is 12.7. The highest BCUT2D eigenvalue weighted by molar-refractivity contribution is 7.89. The molecule has 0 aliphatic carbocycles. The van der Waals surface area contributed by atoms with Crippen molar-refractivity contribution in [2.75, 3.05) is 20.2 Å². The van der Waals surface area contributed by atoms with Crippen LogP contribution in [-0.4, -0.2) is 62.1 Å². The Labute approximate surface area is 153 Å². The lowest BCUT2D eigenvalue weighted by molar-refractivity contribution is -0.145. The van der Waals surface area contributed by atoms with Gasteiger partial charge >= 0.3 is 5.97 Å². The summed E-state index contributed by atoms with van der Waals surface area (Å²) in [4.78, 5) is 24.3. The third-order valence-corrected chi connectivity index (χ3v) is 6.28. The van der Waals surface area contributed by atoms with Gasteiger partial charge in [-0.15, -0.1) is 0 Å². The van der Waals surface area contributed by atoms with E-state index in [-0.39, 0.29) is 10.5 Å². The van der Waals surface area contributed by atoms with E-state index in [9.17, 15) is 23.1 Å². The fraction of sp³-hybridized carbons (Fsp3) is 0.529. The fourth-order valence-electron chi connectivity index (χ4n) is 2.81. The number of nitrogens with one attached hydrogen (secondary N) is 1. The molecule has 0 saturated carbocycles. The third-order valence-electron chi connectivity index (χ3n) is 4.38. The van der Waals surface area contributed by atoms with E-state index >= 15 is 0 Å². The minimum absolute atomic E-state index is 0.0295. The average Bonchev–Trinajstić information content (AvgIpc) is 3.14. The number of hydrogen-bond acceptors (Lipinski definition) is 6. The van der Waals surface area contributed by atoms with E-state index in [4.69, 9.17) is 0 Å². The van der Waals surface area contributed by atoms with Crippen LogP contribution in [-0.2, 0) is 19.6 Å². The van der Waals surface area contributed by atoms with Gasteiger partial charge in [-0.2, -0.15) is 4.31 Å². The number of rotatable bonds is 6. The van der Waals surface area contributed by atoms with Crippen molar-refractivity contribution in [3.8, 4) is 0 Å². The van der Waals surface area contributed by atoms with Crippen molar-refractivity contribution in [2.45, 2.75) is 43.7 Å². The molecule has 1 fully saturated rings. The molecule has 2 atom stereocenters. The van der Waals surface area contributed by atoms with Crippen molar-refractivity contribution in [2.24, 2.45) is 0 Å². The van der Waals surface area contributed by atoms with Gasteiger partial charge in [0.05, 0.1) is 18.1 Å². The monoisotopic (exact) mass is 384 g/mol. The predicted octanol–water partition coefficient (Wildman–Crippen LogP) is 0.432. The van der Waals surface area contributed by atoms with Gasteiger partial charge in [0.15, 0.2) is 6.04 Å². The molecule has 9 heteroatoms. The van der Waals surface area contributed by atoms with Gasteiger partial charge in [0, 0.05) is 18.7 Å². The molecule has 0 aromatic heterocycles. The number of methoxy groups -OCH3 is 1. The molecule has 0 spiro atoms. The Morgan fingerprint density at radius 2 is 1.88 bits per heavy atom. The van der Waals surface area contributed by atoms with Gasteiger partial charge in [0.1, 0.15) is 0 Å². The van der Waals surface area contributed by atoms with E-state index in [0.717, 1.165) is 20.0 Å². The zero-order chi connectivity index (χ0) is 19.5. The molecule has 0 unspecified atom stereocenters. The molecule has 2 rings (SSSR count). The number of carbonyl (C=O) groups is 2. The first-order valence-corrected chi connectivity index (χ1v) is 9.80. The first-order valence-electron chi connectivity index (χ1n) is 8.36. The zero-order valence-electron chi connectivity index (χ0n) is 15.1. The van der Waals surface area contributed by atoms with Crippen LogP contribution in [0.3, 0.4) is 0 Å². The Hall–Kier alpha value is -1.97. The predicted molar refractivity (Wildman–Crippen MR) is 94.1 cm³/mol. The van der Waals surface area contributed by atoms with Crippen LogP contribution >= 0.6 is 0 Å². The largest absolute Gasteiger partial charge is 0.467 e. The number of amides is 1. The fourth-order valence-corrected chi connectivity index (χ4v) is 4.35. The highest BCUT2D eigenvalue weighted by Crippen LogP contribution is 2.23. The van der Waals surface area contributed by atoms with Crippen LogP contribution in [0.2, 0.25) is 0 Å². The highest BCUT2D eigenvalue weighted by atomic mass is 32.2. The molecule has 1 heterocycles. The van der Waals surface area contributed by atoms with Crippen LogP contribution in [0.5, 0.6) is 0 Å². The van der Waals surface area contributed by atoms with Crippen LogP contribution in [0.15, 0.2) is 23.1 Å². The summed E-state index contributed by atoms with van der Waals surface area (Å²) in [6, 6.07) is 3.07. The molecule has 1 aliphatic heterocycles. The molecule has 1 aliphatic rings. The normalized spacial score (nSPS) is 17.5. The summed E-state index contributed by atoms with van der Waals surface area (Å²) in [6.45, 7) is 3.94. The molecule has 0 bridgehead atoms. The van der Waals surface area contributed by atoms with E-state index in [1.54, 1.807) is 13.0 Å². The van der Waals surface area contributed by atoms with Crippen LogP contribution < -0.4 is 5.32 Å². The third kappa shape index (κ3) is 4.22. The summed E-state index contributed by atoms with van der Waals surface area (Å²) in [7, 11) is -2.51. The van der Waals surface area contributed by atoms with Gasteiger partial charge in [-0.1, -0.05) is 6.07 Å². The van der Waals surface area contributed by atoms with Crippen LogP contribution in [0.4, 0.5) is 0 Å². The van der Waals surface area contributed by atoms with Crippen molar-refractivity contribution in [1.29, 1.82) is 0 Å². The summed E-state index contributed by atoms with van der Waals surface area (Å²) in [5.74, 6) is -1.44. The molecule has 144 valence electrons. The van der Waals surface area contributed by atoms with Crippen molar-refractivity contribution in [3.63, 3.8) is 0 Å². The Balaban J connectivity index is 2.31. The van der Waals surface area contributed by atoms with Crippen LogP contribution in [0.1, 0.15) is 35.7 Å². The second kappa shape index (κ2) is 8.15. The quantitative estimate of drug-likeness (QED) is 0.688. The Bertz CT molecular complexity index is 784. The standard InChI is InChI=1S/C17H24N2O6S/c1-11-6-7-13(26(23,24)19-8-4-5-9-19)10-14(11)16(21)18-15(12(2)20)17(22)25-3/h6-7,10,12,15,20H,4-5,8-9H2,1-3H3,(H,18,21)/t12-,15+/m1/s1. The summed E-state index contributed by atoms with van der Waals surface area (Å²) in [5.41, 5.74) is 0.678. The maximum absolute atomic E-state index is 12.7. The molecule has 1 saturated heterocycles. The Kier molecular flexibility index (Phi) is 6.38. The SMILES string of the molecule is COC(=O)[C@@H](NC(=O)c1cc(S(=O)(=O)N2CCCC2)ccc1C)[C@@H](C)O. The number of ether oxygens (including phenoxy) is 1. The number of hydrogen-bond donors (Lipinski definition) is 2. The van der Waals surface area contributed by atoms with Gasteiger partial charge in [-0.3, -0.25) is 4.79 Å². The van der Waals surface area contributed by atoms with E-state index in [0.29, 0.717) is 18.7 Å². The number of aryl methyl sites for hydroxylation is 1. The lowest BCUT2D eigenvalue weighted by atomic mass is 10.1.